The summed E-state index contributed by atoms with van der Waals surface area (Å²) in [4.78, 5) is 48.5. The van der Waals surface area contributed by atoms with Gasteiger partial charge in [-0.2, -0.15) is 0 Å². The second-order valence-electron chi connectivity index (χ2n) is 18.7. The van der Waals surface area contributed by atoms with Crippen LogP contribution >= 0.6 is 7.82 Å². The molecule has 0 saturated carbocycles. The Hall–Kier alpha value is -3.34. The van der Waals surface area contributed by atoms with Crippen LogP contribution in [0.4, 0.5) is 0 Å². The van der Waals surface area contributed by atoms with Crippen LogP contribution in [-0.2, 0) is 42.2 Å². The van der Waals surface area contributed by atoms with Crippen molar-refractivity contribution in [1.29, 1.82) is 0 Å². The zero-order valence-corrected chi connectivity index (χ0v) is 46.5. The standard InChI is InChI=1S/C60H103O11P/c1-4-7-10-13-16-19-22-24-26-28-30-32-35-37-40-43-46-49-58(62)67-53-57(71-60(64)51-48-45-42-39-36-33-31-29-27-25-23-20-17-14-11-8-5-2)55-69-72(65,66)68-54-56(52-61)70-59(63)50-47-44-41-38-34-21-18-15-12-9-6-3/h7-8,10-11,16-17,19-20,24-27,31,33,56-57,61H,4-6,9,12-15,18,21-23,28-30,32,34-55H2,1-3H3,(H,65,66)/b10-7-,11-8-,19-16-,20-17-,26-24-,27-25-,33-31-. The normalized spacial score (nSPS) is 14.0. The summed E-state index contributed by atoms with van der Waals surface area (Å²) in [6.07, 6.45) is 61.1. The van der Waals surface area contributed by atoms with Gasteiger partial charge in [0.2, 0.25) is 0 Å². The summed E-state index contributed by atoms with van der Waals surface area (Å²) in [7, 11) is -4.76. The molecule has 0 amide bonds. The van der Waals surface area contributed by atoms with Gasteiger partial charge >= 0.3 is 25.7 Å². The van der Waals surface area contributed by atoms with Gasteiger partial charge in [0.1, 0.15) is 12.7 Å². The number of phosphoric acid groups is 1. The van der Waals surface area contributed by atoms with E-state index in [9.17, 15) is 28.9 Å². The van der Waals surface area contributed by atoms with Gasteiger partial charge in [-0.05, 0) is 89.9 Å². The topological polar surface area (TPSA) is 155 Å². The number of unbranched alkanes of at least 4 members (excludes halogenated alkanes) is 21. The summed E-state index contributed by atoms with van der Waals surface area (Å²) in [5, 5.41) is 9.79. The SMILES string of the molecule is CC/C=C\C/C=C\C/C=C\C/C=C\CCCCCCC(=O)OC(COC(=O)CCCCCCCCC/C=C\C/C=C\C/C=C\CC)COP(=O)(O)OCC(CO)OC(=O)CCCCCCCCCCCCC. The molecule has 0 aliphatic carbocycles. The minimum absolute atomic E-state index is 0.135. The molecule has 0 aliphatic rings. The van der Waals surface area contributed by atoms with Crippen molar-refractivity contribution in [3.63, 3.8) is 0 Å². The van der Waals surface area contributed by atoms with Crippen LogP contribution in [-0.4, -0.2) is 66.5 Å². The highest BCUT2D eigenvalue weighted by Gasteiger charge is 2.28. The molecule has 2 N–H and O–H groups in total. The van der Waals surface area contributed by atoms with Gasteiger partial charge < -0.3 is 24.2 Å². The molecule has 3 atom stereocenters. The van der Waals surface area contributed by atoms with E-state index in [0.717, 1.165) is 122 Å². The fraction of sp³-hybridized carbons (Fsp3) is 0.717. The van der Waals surface area contributed by atoms with Crippen molar-refractivity contribution < 1.29 is 52.2 Å². The second kappa shape index (κ2) is 53.9. The van der Waals surface area contributed by atoms with Gasteiger partial charge in [0, 0.05) is 19.3 Å². The lowest BCUT2D eigenvalue weighted by Crippen LogP contribution is -2.30. The molecule has 0 aromatic carbocycles. The molecule has 3 unspecified atom stereocenters. The van der Waals surface area contributed by atoms with Crippen LogP contribution in [0.25, 0.3) is 0 Å². The first-order chi connectivity index (χ1) is 35.2. The monoisotopic (exact) mass is 1030 g/mol. The predicted molar refractivity (Wildman–Crippen MR) is 298 cm³/mol. The molecule has 0 radical (unpaired) electrons. The maximum absolute atomic E-state index is 12.9. The molecule has 0 aromatic heterocycles. The number of ether oxygens (including phenoxy) is 3. The number of phosphoric ester groups is 1. The van der Waals surface area contributed by atoms with Crippen molar-refractivity contribution in [2.24, 2.45) is 0 Å². The highest BCUT2D eigenvalue weighted by atomic mass is 31.2. The first-order valence-electron chi connectivity index (χ1n) is 28.5. The van der Waals surface area contributed by atoms with Crippen molar-refractivity contribution >= 4 is 25.7 Å². The van der Waals surface area contributed by atoms with Gasteiger partial charge in [0.25, 0.3) is 0 Å². The molecular weight excluding hydrogens is 928 g/mol. The number of carbonyl (C=O) groups excluding carboxylic acids is 3. The Labute approximate surface area is 439 Å². The first-order valence-corrected chi connectivity index (χ1v) is 30.0. The fourth-order valence-corrected chi connectivity index (χ4v) is 8.32. The van der Waals surface area contributed by atoms with E-state index in [4.69, 9.17) is 23.3 Å². The summed E-state index contributed by atoms with van der Waals surface area (Å²) < 4.78 is 39.5. The summed E-state index contributed by atoms with van der Waals surface area (Å²) in [5.41, 5.74) is 0. The molecule has 0 bridgehead atoms. The van der Waals surface area contributed by atoms with Crippen LogP contribution in [0.1, 0.15) is 239 Å². The van der Waals surface area contributed by atoms with Crippen molar-refractivity contribution in [3.05, 3.63) is 85.1 Å². The average molecular weight is 1030 g/mol. The summed E-state index contributed by atoms with van der Waals surface area (Å²) in [6, 6.07) is 0. The molecule has 11 nitrogen and oxygen atoms in total. The Balaban J connectivity index is 4.79. The zero-order valence-electron chi connectivity index (χ0n) is 45.6. The third-order valence-corrected chi connectivity index (χ3v) is 12.8. The third-order valence-electron chi connectivity index (χ3n) is 11.8. The number of aliphatic hydroxyl groups excluding tert-OH is 1. The van der Waals surface area contributed by atoms with Crippen LogP contribution in [0.2, 0.25) is 0 Å². The van der Waals surface area contributed by atoms with Gasteiger partial charge in [0.15, 0.2) is 6.10 Å². The molecule has 0 aliphatic heterocycles. The lowest BCUT2D eigenvalue weighted by atomic mass is 10.1. The van der Waals surface area contributed by atoms with Crippen molar-refractivity contribution in [2.45, 2.75) is 251 Å². The summed E-state index contributed by atoms with van der Waals surface area (Å²) in [6.45, 7) is 4.38. The van der Waals surface area contributed by atoms with Crippen LogP contribution in [0.5, 0.6) is 0 Å². The van der Waals surface area contributed by atoms with E-state index >= 15 is 0 Å². The van der Waals surface area contributed by atoms with E-state index in [1.807, 2.05) is 0 Å². The fourth-order valence-electron chi connectivity index (χ4n) is 7.54. The predicted octanol–water partition coefficient (Wildman–Crippen LogP) is 16.7. The van der Waals surface area contributed by atoms with Crippen molar-refractivity contribution in [1.82, 2.24) is 0 Å². The smallest absolute Gasteiger partial charge is 0.462 e. The molecule has 0 spiro atoms. The van der Waals surface area contributed by atoms with Crippen molar-refractivity contribution in [2.75, 3.05) is 26.4 Å². The maximum Gasteiger partial charge on any atom is 0.472 e. The highest BCUT2D eigenvalue weighted by Crippen LogP contribution is 2.43. The molecule has 0 rings (SSSR count). The number of hydrogen-bond donors (Lipinski definition) is 2. The Morgan fingerprint density at radius 3 is 1.11 bits per heavy atom. The molecular formula is C60H103O11P. The van der Waals surface area contributed by atoms with Gasteiger partial charge in [-0.25, -0.2) is 4.57 Å². The summed E-state index contributed by atoms with van der Waals surface area (Å²) in [5.74, 6) is -1.50. The number of aliphatic hydroxyl groups is 1. The summed E-state index contributed by atoms with van der Waals surface area (Å²) >= 11 is 0. The second-order valence-corrected chi connectivity index (χ2v) is 20.1. The largest absolute Gasteiger partial charge is 0.472 e. The third kappa shape index (κ3) is 51.6. The lowest BCUT2D eigenvalue weighted by molar-refractivity contribution is -0.161. The Kier molecular flexibility index (Phi) is 51.4. The van der Waals surface area contributed by atoms with Gasteiger partial charge in [-0.15, -0.1) is 0 Å². The number of rotatable bonds is 52. The molecule has 414 valence electrons. The Morgan fingerprint density at radius 2 is 0.722 bits per heavy atom. The maximum atomic E-state index is 12.9. The van der Waals surface area contributed by atoms with Gasteiger partial charge in [0.05, 0.1) is 19.8 Å². The Morgan fingerprint density at radius 1 is 0.403 bits per heavy atom. The van der Waals surface area contributed by atoms with E-state index in [-0.39, 0.29) is 25.9 Å². The Bertz CT molecular complexity index is 1530. The molecule has 0 fully saturated rings. The van der Waals surface area contributed by atoms with E-state index in [1.165, 1.54) is 57.8 Å². The highest BCUT2D eigenvalue weighted by molar-refractivity contribution is 7.47. The van der Waals surface area contributed by atoms with E-state index in [2.05, 4.69) is 106 Å². The van der Waals surface area contributed by atoms with Gasteiger partial charge in [-0.3, -0.25) is 23.4 Å². The number of carbonyl (C=O) groups is 3. The zero-order chi connectivity index (χ0) is 52.7. The molecule has 0 heterocycles. The quantitative estimate of drug-likeness (QED) is 0.0197. The van der Waals surface area contributed by atoms with E-state index < -0.39 is 57.8 Å². The number of allylic oxidation sites excluding steroid dienone is 14. The van der Waals surface area contributed by atoms with Crippen molar-refractivity contribution in [3.8, 4) is 0 Å². The van der Waals surface area contributed by atoms with Crippen LogP contribution in [0.15, 0.2) is 85.1 Å². The number of esters is 3. The number of hydrogen-bond acceptors (Lipinski definition) is 10. The van der Waals surface area contributed by atoms with E-state index in [0.29, 0.717) is 19.3 Å². The molecule has 0 saturated heterocycles. The first kappa shape index (κ1) is 68.7. The van der Waals surface area contributed by atoms with Crippen LogP contribution in [0, 0.1) is 0 Å². The molecule has 72 heavy (non-hydrogen) atoms. The van der Waals surface area contributed by atoms with E-state index in [1.54, 1.807) is 0 Å². The van der Waals surface area contributed by atoms with Crippen LogP contribution in [0.3, 0.4) is 0 Å². The van der Waals surface area contributed by atoms with Crippen LogP contribution < -0.4 is 0 Å². The molecule has 12 heteroatoms. The molecule has 0 aromatic rings. The average Bonchev–Trinajstić information content (AvgIpc) is 3.37. The minimum Gasteiger partial charge on any atom is -0.462 e. The minimum atomic E-state index is -4.76. The van der Waals surface area contributed by atoms with Gasteiger partial charge in [-0.1, -0.05) is 215 Å². The lowest BCUT2D eigenvalue weighted by Gasteiger charge is -2.21.